The second-order valence-corrected chi connectivity index (χ2v) is 8.01. The van der Waals surface area contributed by atoms with Crippen LogP contribution in [-0.2, 0) is 17.1 Å². The molecule has 144 valence electrons. The summed E-state index contributed by atoms with van der Waals surface area (Å²) in [6.07, 6.45) is 0. The maximum Gasteiger partial charge on any atom is 0.000461 e. The summed E-state index contributed by atoms with van der Waals surface area (Å²) in [4.78, 5) is 0. The van der Waals surface area contributed by atoms with Crippen LogP contribution in [0.25, 0.3) is 0 Å². The van der Waals surface area contributed by atoms with Gasteiger partial charge in [0.15, 0.2) is 0 Å². The van der Waals surface area contributed by atoms with E-state index in [4.69, 9.17) is 0 Å². The van der Waals surface area contributed by atoms with E-state index in [0.29, 0.717) is 0 Å². The molecule has 27 heavy (non-hydrogen) atoms. The summed E-state index contributed by atoms with van der Waals surface area (Å²) in [7, 11) is -0.504. The Balaban J connectivity index is 0.000000379. The van der Waals surface area contributed by atoms with E-state index in [1.807, 2.05) is 30.3 Å². The third kappa shape index (κ3) is 5.94. The molecule has 0 unspecified atom stereocenters. The Hall–Kier alpha value is -2.11. The minimum atomic E-state index is -0.504. The van der Waals surface area contributed by atoms with Crippen molar-refractivity contribution in [2.24, 2.45) is 0 Å². The minimum Gasteiger partial charge on any atom is -0.748 e. The van der Waals surface area contributed by atoms with Crippen LogP contribution < -0.4 is 21.2 Å². The van der Waals surface area contributed by atoms with E-state index in [1.165, 1.54) is 21.6 Å². The van der Waals surface area contributed by atoms with Crippen LogP contribution in [-0.4, -0.2) is 6.54 Å². The predicted molar refractivity (Wildman–Crippen MR) is 117 cm³/mol. The first kappa shape index (κ1) is 21.2. The first-order valence-corrected chi connectivity index (χ1v) is 10.3. The predicted octanol–water partition coefficient (Wildman–Crippen LogP) is 5.00. The van der Waals surface area contributed by atoms with Crippen LogP contribution >= 0.6 is 7.92 Å². The van der Waals surface area contributed by atoms with E-state index in [-0.39, 0.29) is 17.1 Å². The van der Waals surface area contributed by atoms with Gasteiger partial charge in [0.2, 0.25) is 0 Å². The molecule has 0 aliphatic carbocycles. The van der Waals surface area contributed by atoms with Crippen molar-refractivity contribution in [3.05, 3.63) is 109 Å². The molecule has 4 aromatic rings. The van der Waals surface area contributed by atoms with Gasteiger partial charge in [-0.2, -0.15) is 6.07 Å². The Kier molecular flexibility index (Phi) is 9.08. The van der Waals surface area contributed by atoms with Crippen molar-refractivity contribution in [1.82, 2.24) is 0 Å². The average molecular weight is 413 g/mol. The van der Waals surface area contributed by atoms with E-state index >= 15 is 0 Å². The van der Waals surface area contributed by atoms with E-state index < -0.39 is 7.92 Å². The van der Waals surface area contributed by atoms with Crippen LogP contribution in [0.5, 0.6) is 0 Å². The van der Waals surface area contributed by atoms with Crippen molar-refractivity contribution in [2.75, 3.05) is 11.9 Å². The van der Waals surface area contributed by atoms with Crippen molar-refractivity contribution in [2.45, 2.75) is 6.92 Å². The van der Waals surface area contributed by atoms with Crippen LogP contribution in [0.2, 0.25) is 0 Å². The van der Waals surface area contributed by atoms with Crippen LogP contribution in [0.3, 0.4) is 0 Å². The standard InChI is InChI=1S/C19H19NP.C5H5.Fe/c1-2-20-18-14-9-15-19(18)21(16-10-5-3-6-11-16)17-12-7-4-8-13-17;1-2-4-5-3-1;/h3-15,20H,2H2,1H3;1-5H;/q-1;-5;. The van der Waals surface area contributed by atoms with Crippen molar-refractivity contribution < 1.29 is 17.1 Å². The quantitative estimate of drug-likeness (QED) is 0.276. The fourth-order valence-electron chi connectivity index (χ4n) is 2.85. The molecular formula is C24H24FeNP-6. The molecule has 0 bridgehead atoms. The van der Waals surface area contributed by atoms with Gasteiger partial charge in [0.1, 0.15) is 0 Å². The number of hydrogen-bond acceptors (Lipinski definition) is 1. The van der Waals surface area contributed by atoms with Crippen LogP contribution in [0, 0.1) is 0 Å². The fourth-order valence-corrected chi connectivity index (χ4v) is 5.27. The summed E-state index contributed by atoms with van der Waals surface area (Å²) in [6.45, 7) is 3.09. The summed E-state index contributed by atoms with van der Waals surface area (Å²) < 4.78 is 0. The molecule has 0 amide bonds. The third-order valence-corrected chi connectivity index (χ3v) is 6.49. The molecular weight excluding hydrogens is 389 g/mol. The number of nitrogens with one attached hydrogen (secondary N) is 1. The number of rotatable bonds is 5. The summed E-state index contributed by atoms with van der Waals surface area (Å²) in [6, 6.07) is 38.2. The first-order chi connectivity index (χ1) is 12.9. The maximum absolute atomic E-state index is 3.49. The Morgan fingerprint density at radius 2 is 1.22 bits per heavy atom. The largest absolute Gasteiger partial charge is 0.748 e. The monoisotopic (exact) mass is 413 g/mol. The third-order valence-electron chi connectivity index (χ3n) is 3.99. The molecule has 0 aromatic heterocycles. The Morgan fingerprint density at radius 1 is 0.741 bits per heavy atom. The van der Waals surface area contributed by atoms with E-state index in [9.17, 15) is 0 Å². The van der Waals surface area contributed by atoms with Gasteiger partial charge in [-0.3, -0.25) is 0 Å². The van der Waals surface area contributed by atoms with E-state index in [1.54, 1.807) is 0 Å². The molecule has 4 rings (SSSR count). The summed E-state index contributed by atoms with van der Waals surface area (Å²) in [5, 5.41) is 7.68. The summed E-state index contributed by atoms with van der Waals surface area (Å²) in [5.74, 6) is 0. The van der Waals surface area contributed by atoms with Gasteiger partial charge in [-0.05, 0) is 25.5 Å². The normalized spacial score (nSPS) is 9.85. The molecule has 0 heterocycles. The van der Waals surface area contributed by atoms with Crippen LogP contribution in [0.1, 0.15) is 6.92 Å². The van der Waals surface area contributed by atoms with Crippen LogP contribution in [0.4, 0.5) is 5.69 Å². The minimum absolute atomic E-state index is 0. The van der Waals surface area contributed by atoms with E-state index in [0.717, 1.165) is 6.54 Å². The molecule has 1 N–H and O–H groups in total. The number of benzene rings is 2. The van der Waals surface area contributed by atoms with Gasteiger partial charge in [0.25, 0.3) is 0 Å². The number of anilines is 1. The van der Waals surface area contributed by atoms with Gasteiger partial charge in [-0.1, -0.05) is 66.4 Å². The van der Waals surface area contributed by atoms with E-state index in [2.05, 4.69) is 91.1 Å². The molecule has 4 aromatic carbocycles. The van der Waals surface area contributed by atoms with Crippen LogP contribution in [0.15, 0.2) is 109 Å². The average Bonchev–Trinajstić information content (AvgIpc) is 3.40. The smallest absolute Gasteiger partial charge is 0.000461 e. The summed E-state index contributed by atoms with van der Waals surface area (Å²) in [5.41, 5.74) is 1.26. The van der Waals surface area contributed by atoms with Gasteiger partial charge < -0.3 is 35.6 Å². The topological polar surface area (TPSA) is 12.0 Å². The SMILES string of the molecule is CCN[c-]1cccc1P(c1ccccc1)c1ccccc1.[Fe].[cH-]1[cH-][cH-][cH-][cH-]1. The molecule has 3 heteroatoms. The zero-order valence-corrected chi connectivity index (χ0v) is 17.4. The first-order valence-electron chi connectivity index (χ1n) is 8.96. The van der Waals surface area contributed by atoms with Crippen molar-refractivity contribution in [3.8, 4) is 0 Å². The zero-order chi connectivity index (χ0) is 18.0. The molecule has 1 nitrogen and oxygen atoms in total. The fraction of sp³-hybridized carbons (Fsp3) is 0.0833. The van der Waals surface area contributed by atoms with Crippen molar-refractivity contribution >= 4 is 29.5 Å². The molecule has 0 atom stereocenters. The maximum atomic E-state index is 3.49. The van der Waals surface area contributed by atoms with Crippen molar-refractivity contribution in [1.29, 1.82) is 0 Å². The van der Waals surface area contributed by atoms with Gasteiger partial charge in [-0.15, -0.1) is 5.30 Å². The molecule has 0 aliphatic rings. The molecule has 0 radical (unpaired) electrons. The van der Waals surface area contributed by atoms with Crippen molar-refractivity contribution in [3.63, 3.8) is 0 Å². The number of hydrogen-bond donors (Lipinski definition) is 1. The Bertz CT molecular complexity index is 797. The van der Waals surface area contributed by atoms with Gasteiger partial charge >= 0.3 is 0 Å². The Labute approximate surface area is 174 Å². The molecule has 0 aliphatic heterocycles. The Morgan fingerprint density at radius 3 is 1.67 bits per heavy atom. The van der Waals surface area contributed by atoms with Gasteiger partial charge in [0.05, 0.1) is 0 Å². The van der Waals surface area contributed by atoms with Gasteiger partial charge in [0, 0.05) is 23.6 Å². The molecule has 0 fully saturated rings. The van der Waals surface area contributed by atoms with Gasteiger partial charge in [-0.25, -0.2) is 12.1 Å². The zero-order valence-electron chi connectivity index (χ0n) is 15.4. The second-order valence-electron chi connectivity index (χ2n) is 5.82. The molecule has 0 saturated carbocycles. The summed E-state index contributed by atoms with van der Waals surface area (Å²) >= 11 is 0. The molecule has 0 saturated heterocycles. The second kappa shape index (κ2) is 11.6. The molecule has 0 spiro atoms.